The summed E-state index contributed by atoms with van der Waals surface area (Å²) in [7, 11) is 1.45. The van der Waals surface area contributed by atoms with Crippen LogP contribution in [0.4, 0.5) is 0 Å². The van der Waals surface area contributed by atoms with Crippen molar-refractivity contribution in [3.8, 4) is 0 Å². The summed E-state index contributed by atoms with van der Waals surface area (Å²) >= 11 is 0. The van der Waals surface area contributed by atoms with Crippen molar-refractivity contribution in [3.05, 3.63) is 72.9 Å². The quantitative estimate of drug-likeness (QED) is 0.0216. The fourth-order valence-electron chi connectivity index (χ4n) is 5.39. The van der Waals surface area contributed by atoms with Crippen molar-refractivity contribution in [2.24, 2.45) is 0 Å². The standard InChI is InChI=1S/C46H80NO8P/c1-6-8-10-12-14-16-18-20-22-23-25-27-29-31-33-35-37-39-46(49)55-44(43-54-56(50,51)53-41-40-47(3,4)5)42-52-45(48)38-36-34-32-30-28-26-24-21-19-17-15-13-11-9-7-2/h8-11,14-17,20-22,24,44H,6-7,12-13,18-19,23,25-43H2,1-5H3/p+1/b10-8-,11-9-,16-14-,17-15-,22-20-,24-21-. The molecule has 2 unspecified atom stereocenters. The Morgan fingerprint density at radius 1 is 0.554 bits per heavy atom. The van der Waals surface area contributed by atoms with Crippen LogP contribution in [0.1, 0.15) is 155 Å². The molecule has 0 radical (unpaired) electrons. The van der Waals surface area contributed by atoms with Crippen LogP contribution in [-0.2, 0) is 32.7 Å². The maximum atomic E-state index is 12.7. The van der Waals surface area contributed by atoms with Crippen LogP contribution in [-0.4, -0.2) is 74.9 Å². The summed E-state index contributed by atoms with van der Waals surface area (Å²) in [6, 6.07) is 0. The van der Waals surface area contributed by atoms with Crippen molar-refractivity contribution >= 4 is 19.8 Å². The Bertz CT molecular complexity index is 1180. The molecule has 0 aromatic heterocycles. The lowest BCUT2D eigenvalue weighted by Gasteiger charge is -2.24. The first-order valence-corrected chi connectivity index (χ1v) is 23.2. The largest absolute Gasteiger partial charge is 0.472 e. The molecule has 0 aromatic rings. The molecule has 0 heterocycles. The number of phosphoric ester groups is 1. The number of quaternary nitrogens is 1. The fourth-order valence-corrected chi connectivity index (χ4v) is 6.14. The molecular formula is C46H81NO8P+. The zero-order chi connectivity index (χ0) is 41.4. The number of carbonyl (C=O) groups excluding carboxylic acids is 2. The van der Waals surface area contributed by atoms with Crippen molar-refractivity contribution < 1.29 is 42.1 Å². The van der Waals surface area contributed by atoms with Gasteiger partial charge in [0.25, 0.3) is 0 Å². The van der Waals surface area contributed by atoms with Gasteiger partial charge in [-0.1, -0.05) is 138 Å². The molecule has 322 valence electrons. The Kier molecular flexibility index (Phi) is 36.3. The van der Waals surface area contributed by atoms with E-state index in [-0.39, 0.29) is 26.1 Å². The van der Waals surface area contributed by atoms with Gasteiger partial charge in [-0.2, -0.15) is 0 Å². The highest BCUT2D eigenvalue weighted by Gasteiger charge is 2.27. The minimum atomic E-state index is -4.38. The van der Waals surface area contributed by atoms with Crippen molar-refractivity contribution in [1.29, 1.82) is 0 Å². The van der Waals surface area contributed by atoms with Gasteiger partial charge in [-0.15, -0.1) is 0 Å². The van der Waals surface area contributed by atoms with Gasteiger partial charge in [-0.3, -0.25) is 18.6 Å². The first-order chi connectivity index (χ1) is 27.0. The summed E-state index contributed by atoms with van der Waals surface area (Å²) in [5.41, 5.74) is 0. The number of nitrogens with zero attached hydrogens (tertiary/aromatic N) is 1. The molecule has 0 aliphatic rings. The number of hydrogen-bond acceptors (Lipinski definition) is 7. The first kappa shape index (κ1) is 53.5. The zero-order valence-corrected chi connectivity index (χ0v) is 37.0. The van der Waals surface area contributed by atoms with E-state index in [1.807, 2.05) is 21.1 Å². The zero-order valence-electron chi connectivity index (χ0n) is 36.1. The molecule has 2 atom stereocenters. The van der Waals surface area contributed by atoms with Gasteiger partial charge in [0.15, 0.2) is 6.10 Å². The van der Waals surface area contributed by atoms with E-state index in [1.165, 1.54) is 19.3 Å². The van der Waals surface area contributed by atoms with Crippen LogP contribution >= 0.6 is 7.82 Å². The van der Waals surface area contributed by atoms with Gasteiger partial charge in [-0.05, 0) is 77.0 Å². The molecule has 1 N–H and O–H groups in total. The van der Waals surface area contributed by atoms with E-state index in [2.05, 4.69) is 86.8 Å². The van der Waals surface area contributed by atoms with Gasteiger partial charge < -0.3 is 18.9 Å². The second-order valence-corrected chi connectivity index (χ2v) is 16.8. The normalized spacial score (nSPS) is 14.3. The van der Waals surface area contributed by atoms with Gasteiger partial charge in [0.1, 0.15) is 19.8 Å². The Morgan fingerprint density at radius 3 is 1.43 bits per heavy atom. The number of ether oxygens (including phenoxy) is 2. The van der Waals surface area contributed by atoms with Crippen LogP contribution in [0.5, 0.6) is 0 Å². The van der Waals surface area contributed by atoms with Crippen LogP contribution < -0.4 is 0 Å². The summed E-state index contributed by atoms with van der Waals surface area (Å²) in [5, 5.41) is 0. The first-order valence-electron chi connectivity index (χ1n) is 21.7. The van der Waals surface area contributed by atoms with Gasteiger partial charge in [0, 0.05) is 12.8 Å². The van der Waals surface area contributed by atoms with Crippen LogP contribution in [0, 0.1) is 0 Å². The third-order valence-electron chi connectivity index (χ3n) is 8.73. The van der Waals surface area contributed by atoms with Crippen LogP contribution in [0.25, 0.3) is 0 Å². The summed E-state index contributed by atoms with van der Waals surface area (Å²) < 4.78 is 34.3. The highest BCUT2D eigenvalue weighted by Crippen LogP contribution is 2.43. The topological polar surface area (TPSA) is 108 Å². The average molecular weight is 807 g/mol. The third kappa shape index (κ3) is 41.1. The summed E-state index contributed by atoms with van der Waals surface area (Å²) in [6.07, 6.45) is 46.6. The highest BCUT2D eigenvalue weighted by atomic mass is 31.2. The molecule has 9 nitrogen and oxygen atoms in total. The minimum absolute atomic E-state index is 0.0228. The molecule has 10 heteroatoms. The molecule has 0 rings (SSSR count). The van der Waals surface area contributed by atoms with Gasteiger partial charge >= 0.3 is 19.8 Å². The van der Waals surface area contributed by atoms with Crippen molar-refractivity contribution in [2.45, 2.75) is 161 Å². The molecule has 0 amide bonds. The van der Waals surface area contributed by atoms with Crippen LogP contribution in [0.15, 0.2) is 72.9 Å². The number of allylic oxidation sites excluding steroid dienone is 12. The molecule has 0 saturated heterocycles. The van der Waals surface area contributed by atoms with E-state index in [0.717, 1.165) is 96.3 Å². The molecule has 0 saturated carbocycles. The highest BCUT2D eigenvalue weighted by molar-refractivity contribution is 7.47. The lowest BCUT2D eigenvalue weighted by molar-refractivity contribution is -0.870. The number of carbonyl (C=O) groups is 2. The number of rotatable bonds is 38. The Labute approximate surface area is 342 Å². The fraction of sp³-hybridized carbons (Fsp3) is 0.696. The monoisotopic (exact) mass is 807 g/mol. The Balaban J connectivity index is 4.42. The van der Waals surface area contributed by atoms with E-state index >= 15 is 0 Å². The summed E-state index contributed by atoms with van der Waals surface area (Å²) in [6.45, 7) is 4.15. The second kappa shape index (κ2) is 38.0. The smallest absolute Gasteiger partial charge is 0.462 e. The number of hydrogen-bond donors (Lipinski definition) is 1. The van der Waals surface area contributed by atoms with E-state index in [9.17, 15) is 19.0 Å². The maximum Gasteiger partial charge on any atom is 0.472 e. The average Bonchev–Trinajstić information content (AvgIpc) is 3.15. The molecule has 0 aliphatic carbocycles. The lowest BCUT2D eigenvalue weighted by Crippen LogP contribution is -2.37. The maximum absolute atomic E-state index is 12.7. The molecule has 0 aliphatic heterocycles. The lowest BCUT2D eigenvalue weighted by atomic mass is 10.1. The SMILES string of the molecule is CC/C=C\C/C=C\C/C=C\CCCCCCCCCC(=O)OC(COC(=O)CCCCCCC/C=C\C/C=C\C/C=C\CC)COP(=O)(O)OCC[N+](C)(C)C. The van der Waals surface area contributed by atoms with Gasteiger partial charge in [0.2, 0.25) is 0 Å². The van der Waals surface area contributed by atoms with Crippen LogP contribution in [0.3, 0.4) is 0 Å². The van der Waals surface area contributed by atoms with Crippen LogP contribution in [0.2, 0.25) is 0 Å². The molecule has 0 fully saturated rings. The molecule has 0 bridgehead atoms. The molecular weight excluding hydrogens is 725 g/mol. The summed E-state index contributed by atoms with van der Waals surface area (Å²) in [5.74, 6) is -0.837. The Morgan fingerprint density at radius 2 is 0.964 bits per heavy atom. The predicted octanol–water partition coefficient (Wildman–Crippen LogP) is 12.2. The minimum Gasteiger partial charge on any atom is -0.462 e. The summed E-state index contributed by atoms with van der Waals surface area (Å²) in [4.78, 5) is 35.4. The number of esters is 2. The van der Waals surface area contributed by atoms with Gasteiger partial charge in [-0.25, -0.2) is 4.57 Å². The van der Waals surface area contributed by atoms with Crippen molar-refractivity contribution in [1.82, 2.24) is 0 Å². The second-order valence-electron chi connectivity index (χ2n) is 15.3. The van der Waals surface area contributed by atoms with Crippen molar-refractivity contribution in [3.63, 3.8) is 0 Å². The number of unbranched alkanes of at least 4 members (excludes halogenated alkanes) is 12. The predicted molar refractivity (Wildman–Crippen MR) is 233 cm³/mol. The number of likely N-dealkylation sites (N-methyl/N-ethyl adjacent to an activating group) is 1. The Hall–Kier alpha value is -2.55. The van der Waals surface area contributed by atoms with Crippen molar-refractivity contribution in [2.75, 3.05) is 47.5 Å². The van der Waals surface area contributed by atoms with Gasteiger partial charge in [0.05, 0.1) is 27.7 Å². The van der Waals surface area contributed by atoms with E-state index < -0.39 is 32.5 Å². The molecule has 56 heavy (non-hydrogen) atoms. The molecule has 0 spiro atoms. The van der Waals surface area contributed by atoms with E-state index in [1.54, 1.807) is 0 Å². The third-order valence-corrected chi connectivity index (χ3v) is 9.72. The van der Waals surface area contributed by atoms with E-state index in [0.29, 0.717) is 23.9 Å². The number of phosphoric acid groups is 1. The van der Waals surface area contributed by atoms with E-state index in [4.69, 9.17) is 18.5 Å². The molecule has 0 aromatic carbocycles.